The van der Waals surface area contributed by atoms with Gasteiger partial charge in [0.25, 0.3) is 5.91 Å². The van der Waals surface area contributed by atoms with Crippen LogP contribution in [0.2, 0.25) is 0 Å². The average Bonchev–Trinajstić information content (AvgIpc) is 3.14. The van der Waals surface area contributed by atoms with Crippen molar-refractivity contribution in [1.29, 1.82) is 5.26 Å². The number of H-pyrrole nitrogens is 1. The highest BCUT2D eigenvalue weighted by Gasteiger charge is 2.15. The molecule has 134 valence electrons. The van der Waals surface area contributed by atoms with Gasteiger partial charge >= 0.3 is 0 Å². The SMILES string of the molecule is Cc1[nH]c2ccc(C#N)cc2c1CCNC(=O)c1cc(C(C)C)nn1C. The minimum absolute atomic E-state index is 0.123. The standard InChI is InChI=1S/C20H23N5O/c1-12(2)18-10-19(25(4)24-18)20(26)22-8-7-15-13(3)23-17-6-5-14(11-21)9-16(15)17/h5-6,9-10,12,23H,7-8H2,1-4H3,(H,22,26). The lowest BCUT2D eigenvalue weighted by molar-refractivity contribution is 0.0944. The van der Waals surface area contributed by atoms with Crippen molar-refractivity contribution in [2.24, 2.45) is 7.05 Å². The third kappa shape index (κ3) is 3.33. The monoisotopic (exact) mass is 349 g/mol. The van der Waals surface area contributed by atoms with E-state index >= 15 is 0 Å². The predicted octanol–water partition coefficient (Wildman–Crippen LogP) is 3.18. The van der Waals surface area contributed by atoms with Crippen LogP contribution in [0.15, 0.2) is 24.3 Å². The van der Waals surface area contributed by atoms with E-state index in [4.69, 9.17) is 5.26 Å². The van der Waals surface area contributed by atoms with E-state index in [1.807, 2.05) is 25.1 Å². The maximum atomic E-state index is 12.5. The summed E-state index contributed by atoms with van der Waals surface area (Å²) in [7, 11) is 1.79. The molecule has 3 rings (SSSR count). The smallest absolute Gasteiger partial charge is 0.269 e. The number of rotatable bonds is 5. The van der Waals surface area contributed by atoms with Gasteiger partial charge in [0.15, 0.2) is 0 Å². The van der Waals surface area contributed by atoms with Crippen LogP contribution >= 0.6 is 0 Å². The van der Waals surface area contributed by atoms with E-state index < -0.39 is 0 Å². The first-order chi connectivity index (χ1) is 12.4. The summed E-state index contributed by atoms with van der Waals surface area (Å²) in [5, 5.41) is 17.5. The van der Waals surface area contributed by atoms with Gasteiger partial charge in [0.2, 0.25) is 0 Å². The second-order valence-electron chi connectivity index (χ2n) is 6.84. The first-order valence-electron chi connectivity index (χ1n) is 8.74. The van der Waals surface area contributed by atoms with Crippen LogP contribution in [-0.2, 0) is 13.5 Å². The van der Waals surface area contributed by atoms with Gasteiger partial charge in [-0.25, -0.2) is 0 Å². The summed E-state index contributed by atoms with van der Waals surface area (Å²) in [6, 6.07) is 9.64. The van der Waals surface area contributed by atoms with Gasteiger partial charge in [0.05, 0.1) is 17.3 Å². The molecule has 3 aromatic rings. The summed E-state index contributed by atoms with van der Waals surface area (Å²) in [5.74, 6) is 0.160. The highest BCUT2D eigenvalue weighted by Crippen LogP contribution is 2.23. The van der Waals surface area contributed by atoms with Crippen molar-refractivity contribution < 1.29 is 4.79 Å². The van der Waals surface area contributed by atoms with Gasteiger partial charge in [-0.15, -0.1) is 0 Å². The number of carbonyl (C=O) groups is 1. The minimum Gasteiger partial charge on any atom is -0.358 e. The fraction of sp³-hybridized carbons (Fsp3) is 0.350. The van der Waals surface area contributed by atoms with E-state index in [1.165, 1.54) is 0 Å². The van der Waals surface area contributed by atoms with E-state index in [0.29, 0.717) is 24.2 Å². The maximum absolute atomic E-state index is 12.5. The van der Waals surface area contributed by atoms with Crippen LogP contribution in [0, 0.1) is 18.3 Å². The molecule has 0 aliphatic heterocycles. The number of aryl methyl sites for hydroxylation is 2. The molecule has 0 aliphatic rings. The van der Waals surface area contributed by atoms with E-state index in [1.54, 1.807) is 17.8 Å². The second kappa shape index (κ2) is 7.04. The zero-order valence-electron chi connectivity index (χ0n) is 15.6. The van der Waals surface area contributed by atoms with Crippen molar-refractivity contribution in [2.75, 3.05) is 6.54 Å². The summed E-state index contributed by atoms with van der Waals surface area (Å²) in [5.41, 5.74) is 5.32. The number of aromatic amines is 1. The highest BCUT2D eigenvalue weighted by molar-refractivity contribution is 5.92. The van der Waals surface area contributed by atoms with Gasteiger partial charge < -0.3 is 10.3 Å². The van der Waals surface area contributed by atoms with Crippen LogP contribution in [0.1, 0.15) is 52.8 Å². The number of fused-ring (bicyclic) bond motifs is 1. The summed E-state index contributed by atoms with van der Waals surface area (Å²) < 4.78 is 1.63. The Morgan fingerprint density at radius 1 is 1.38 bits per heavy atom. The third-order valence-corrected chi connectivity index (χ3v) is 4.63. The van der Waals surface area contributed by atoms with E-state index in [0.717, 1.165) is 27.9 Å². The van der Waals surface area contributed by atoms with Gasteiger partial charge in [-0.05, 0) is 49.1 Å². The molecule has 1 aromatic carbocycles. The largest absolute Gasteiger partial charge is 0.358 e. The van der Waals surface area contributed by atoms with Gasteiger partial charge in [-0.3, -0.25) is 9.48 Å². The number of amides is 1. The lowest BCUT2D eigenvalue weighted by Gasteiger charge is -2.06. The average molecular weight is 349 g/mol. The van der Waals surface area contributed by atoms with Gasteiger partial charge in [0, 0.05) is 30.2 Å². The molecule has 0 saturated carbocycles. The Hall–Kier alpha value is -3.07. The number of benzene rings is 1. The molecule has 0 atom stereocenters. The zero-order valence-corrected chi connectivity index (χ0v) is 15.6. The Bertz CT molecular complexity index is 1000. The molecule has 0 aliphatic carbocycles. The molecule has 6 nitrogen and oxygen atoms in total. The van der Waals surface area contributed by atoms with Crippen LogP contribution in [0.5, 0.6) is 0 Å². The van der Waals surface area contributed by atoms with E-state index in [9.17, 15) is 4.79 Å². The van der Waals surface area contributed by atoms with Crippen molar-refractivity contribution >= 4 is 16.8 Å². The Kier molecular flexibility index (Phi) is 4.81. The van der Waals surface area contributed by atoms with Gasteiger partial charge in [-0.2, -0.15) is 10.4 Å². The number of carbonyl (C=O) groups excluding carboxylic acids is 1. The lowest BCUT2D eigenvalue weighted by Crippen LogP contribution is -2.27. The first kappa shape index (κ1) is 17.7. The minimum atomic E-state index is -0.123. The quantitative estimate of drug-likeness (QED) is 0.742. The van der Waals surface area contributed by atoms with Crippen LogP contribution in [0.3, 0.4) is 0 Å². The topological polar surface area (TPSA) is 86.5 Å². The fourth-order valence-electron chi connectivity index (χ4n) is 3.15. The van der Waals surface area contributed by atoms with Gasteiger partial charge in [-0.1, -0.05) is 13.8 Å². The molecular formula is C20H23N5O. The van der Waals surface area contributed by atoms with E-state index in [2.05, 4.69) is 35.3 Å². The van der Waals surface area contributed by atoms with Crippen molar-refractivity contribution in [3.63, 3.8) is 0 Å². The normalized spacial score (nSPS) is 11.1. The maximum Gasteiger partial charge on any atom is 0.269 e. The van der Waals surface area contributed by atoms with Crippen molar-refractivity contribution in [3.05, 3.63) is 52.5 Å². The number of hydrogen-bond acceptors (Lipinski definition) is 3. The molecule has 2 heterocycles. The molecular weight excluding hydrogens is 326 g/mol. The second-order valence-corrected chi connectivity index (χ2v) is 6.84. The fourth-order valence-corrected chi connectivity index (χ4v) is 3.15. The number of nitrogens with one attached hydrogen (secondary N) is 2. The predicted molar refractivity (Wildman–Crippen MR) is 101 cm³/mol. The molecule has 0 radical (unpaired) electrons. The molecule has 0 unspecified atom stereocenters. The van der Waals surface area contributed by atoms with Crippen LogP contribution < -0.4 is 5.32 Å². The molecule has 2 aromatic heterocycles. The summed E-state index contributed by atoms with van der Waals surface area (Å²) in [6.07, 6.45) is 0.696. The Labute approximate surface area is 152 Å². The molecule has 1 amide bonds. The Morgan fingerprint density at radius 3 is 2.81 bits per heavy atom. The highest BCUT2D eigenvalue weighted by atomic mass is 16.2. The lowest BCUT2D eigenvalue weighted by atomic mass is 10.1. The van der Waals surface area contributed by atoms with Crippen molar-refractivity contribution in [2.45, 2.75) is 33.1 Å². The third-order valence-electron chi connectivity index (χ3n) is 4.63. The summed E-state index contributed by atoms with van der Waals surface area (Å²) in [4.78, 5) is 15.8. The molecule has 2 N–H and O–H groups in total. The van der Waals surface area contributed by atoms with Crippen molar-refractivity contribution in [1.82, 2.24) is 20.1 Å². The molecule has 26 heavy (non-hydrogen) atoms. The number of nitriles is 1. The number of aromatic nitrogens is 3. The molecule has 6 heteroatoms. The van der Waals surface area contributed by atoms with Gasteiger partial charge in [0.1, 0.15) is 5.69 Å². The first-order valence-corrected chi connectivity index (χ1v) is 8.74. The Balaban J connectivity index is 1.72. The van der Waals surface area contributed by atoms with Crippen molar-refractivity contribution in [3.8, 4) is 6.07 Å². The number of hydrogen-bond donors (Lipinski definition) is 2. The molecule has 0 fully saturated rings. The van der Waals surface area contributed by atoms with E-state index in [-0.39, 0.29) is 11.8 Å². The molecule has 0 bridgehead atoms. The summed E-state index contributed by atoms with van der Waals surface area (Å²) in [6.45, 7) is 6.64. The Morgan fingerprint density at radius 2 is 2.15 bits per heavy atom. The zero-order chi connectivity index (χ0) is 18.8. The van der Waals surface area contributed by atoms with Crippen LogP contribution in [0.25, 0.3) is 10.9 Å². The summed E-state index contributed by atoms with van der Waals surface area (Å²) >= 11 is 0. The van der Waals surface area contributed by atoms with Crippen LogP contribution in [-0.4, -0.2) is 27.2 Å². The molecule has 0 spiro atoms. The number of nitrogens with zero attached hydrogens (tertiary/aromatic N) is 3. The van der Waals surface area contributed by atoms with Crippen LogP contribution in [0.4, 0.5) is 0 Å². The molecule has 0 saturated heterocycles.